The number of anilines is 1. The molecule has 1 aromatic carbocycles. The summed E-state index contributed by atoms with van der Waals surface area (Å²) in [7, 11) is 1.22. The first-order chi connectivity index (χ1) is 13.1. The second-order valence-corrected chi connectivity index (χ2v) is 6.07. The number of carbonyl (C=O) groups is 3. The topological polar surface area (TPSA) is 141 Å². The van der Waals surface area contributed by atoms with E-state index in [-0.39, 0.29) is 27.7 Å². The third-order valence-corrected chi connectivity index (χ3v) is 4.12. The number of esters is 2. The van der Waals surface area contributed by atoms with Gasteiger partial charge in [-0.1, -0.05) is 11.6 Å². The zero-order chi connectivity index (χ0) is 21.0. The standard InChI is InChI=1S/C17H16ClN3O7/c1-8-14(16(23)27-3)9(2)19-15(8)17(24)28-7-13(22)20-12-5-4-10(21(25)26)6-11(12)18/h4-6,19H,7H2,1-3H3,(H,20,22). The summed E-state index contributed by atoms with van der Waals surface area (Å²) < 4.78 is 9.60. The second-order valence-electron chi connectivity index (χ2n) is 5.66. The summed E-state index contributed by atoms with van der Waals surface area (Å²) in [5, 5.41) is 13.0. The molecular weight excluding hydrogens is 394 g/mol. The number of ether oxygens (including phenoxy) is 2. The summed E-state index contributed by atoms with van der Waals surface area (Å²) in [6.07, 6.45) is 0. The fourth-order valence-corrected chi connectivity index (χ4v) is 2.69. The van der Waals surface area contributed by atoms with Gasteiger partial charge in [-0.05, 0) is 25.5 Å². The largest absolute Gasteiger partial charge is 0.465 e. The number of hydrogen-bond acceptors (Lipinski definition) is 7. The van der Waals surface area contributed by atoms with Crippen molar-refractivity contribution in [3.8, 4) is 0 Å². The van der Waals surface area contributed by atoms with Crippen LogP contribution in [-0.4, -0.2) is 41.5 Å². The zero-order valence-corrected chi connectivity index (χ0v) is 15.9. The number of benzene rings is 1. The van der Waals surface area contributed by atoms with Gasteiger partial charge in [0.2, 0.25) is 0 Å². The molecule has 0 atom stereocenters. The van der Waals surface area contributed by atoms with E-state index in [1.807, 2.05) is 0 Å². The van der Waals surface area contributed by atoms with Gasteiger partial charge in [0.25, 0.3) is 11.6 Å². The molecule has 10 nitrogen and oxygen atoms in total. The summed E-state index contributed by atoms with van der Waals surface area (Å²) in [4.78, 5) is 48.7. The minimum Gasteiger partial charge on any atom is -0.465 e. The molecule has 0 aliphatic rings. The van der Waals surface area contributed by atoms with E-state index < -0.39 is 29.4 Å². The molecule has 1 aromatic heterocycles. The first-order valence-electron chi connectivity index (χ1n) is 7.84. The lowest BCUT2D eigenvalue weighted by Crippen LogP contribution is -2.21. The highest BCUT2D eigenvalue weighted by Gasteiger charge is 2.24. The van der Waals surface area contributed by atoms with Crippen LogP contribution < -0.4 is 5.32 Å². The average Bonchev–Trinajstić information content (AvgIpc) is 2.95. The van der Waals surface area contributed by atoms with E-state index in [4.69, 9.17) is 16.3 Å². The van der Waals surface area contributed by atoms with Crippen molar-refractivity contribution in [3.63, 3.8) is 0 Å². The number of hydrogen-bond donors (Lipinski definition) is 2. The van der Waals surface area contributed by atoms with E-state index in [1.54, 1.807) is 13.8 Å². The van der Waals surface area contributed by atoms with Crippen LogP contribution in [0.25, 0.3) is 0 Å². The third-order valence-electron chi connectivity index (χ3n) is 3.80. The maximum Gasteiger partial charge on any atom is 0.355 e. The minimum atomic E-state index is -0.833. The van der Waals surface area contributed by atoms with Crippen LogP contribution in [-0.2, 0) is 14.3 Å². The fourth-order valence-electron chi connectivity index (χ4n) is 2.47. The van der Waals surface area contributed by atoms with Gasteiger partial charge in [-0.25, -0.2) is 9.59 Å². The Labute approximate surface area is 163 Å². The molecule has 0 aliphatic heterocycles. The second kappa shape index (κ2) is 8.53. The first kappa shape index (κ1) is 20.9. The van der Waals surface area contributed by atoms with Crippen LogP contribution in [0.4, 0.5) is 11.4 Å². The highest BCUT2D eigenvalue weighted by molar-refractivity contribution is 6.34. The maximum atomic E-state index is 12.2. The Kier molecular flexibility index (Phi) is 6.37. The number of nitro groups is 1. The molecule has 2 N–H and O–H groups in total. The number of rotatable bonds is 6. The van der Waals surface area contributed by atoms with Gasteiger partial charge in [0.1, 0.15) is 5.69 Å². The number of nitro benzene ring substituents is 1. The molecule has 0 saturated carbocycles. The number of non-ortho nitro benzene ring substituents is 1. The van der Waals surface area contributed by atoms with Gasteiger partial charge in [0.15, 0.2) is 6.61 Å². The number of aryl methyl sites for hydroxylation is 1. The molecule has 2 rings (SSSR count). The SMILES string of the molecule is COC(=O)c1c(C)[nH]c(C(=O)OCC(=O)Nc2ccc([N+](=O)[O-])cc2Cl)c1C. The molecule has 0 spiro atoms. The molecule has 0 unspecified atom stereocenters. The van der Waals surface area contributed by atoms with E-state index in [9.17, 15) is 24.5 Å². The van der Waals surface area contributed by atoms with E-state index >= 15 is 0 Å². The highest BCUT2D eigenvalue weighted by atomic mass is 35.5. The quantitative estimate of drug-likeness (QED) is 0.424. The van der Waals surface area contributed by atoms with Crippen molar-refractivity contribution in [1.29, 1.82) is 0 Å². The fraction of sp³-hybridized carbons (Fsp3) is 0.235. The van der Waals surface area contributed by atoms with Crippen LogP contribution in [0.1, 0.15) is 32.1 Å². The van der Waals surface area contributed by atoms with Gasteiger partial charge in [0, 0.05) is 17.8 Å². The van der Waals surface area contributed by atoms with Gasteiger partial charge in [-0.15, -0.1) is 0 Å². The average molecular weight is 410 g/mol. The van der Waals surface area contributed by atoms with E-state index in [0.717, 1.165) is 6.07 Å². The highest BCUT2D eigenvalue weighted by Crippen LogP contribution is 2.26. The molecule has 0 radical (unpaired) electrons. The van der Waals surface area contributed by atoms with Crippen molar-refractivity contribution in [2.75, 3.05) is 19.0 Å². The normalized spacial score (nSPS) is 10.3. The summed E-state index contributed by atoms with van der Waals surface area (Å²) in [5.41, 5.74) is 0.920. The van der Waals surface area contributed by atoms with Crippen LogP contribution in [0.15, 0.2) is 18.2 Å². The molecule has 0 fully saturated rings. The monoisotopic (exact) mass is 409 g/mol. The van der Waals surface area contributed by atoms with Crippen LogP contribution in [0.5, 0.6) is 0 Å². The molecule has 0 saturated heterocycles. The van der Waals surface area contributed by atoms with Gasteiger partial charge >= 0.3 is 11.9 Å². The number of aromatic nitrogens is 1. The summed E-state index contributed by atoms with van der Waals surface area (Å²) >= 11 is 5.88. The number of halogens is 1. The van der Waals surface area contributed by atoms with Crippen molar-refractivity contribution < 1.29 is 28.8 Å². The van der Waals surface area contributed by atoms with E-state index in [0.29, 0.717) is 11.3 Å². The number of nitrogens with zero attached hydrogens (tertiary/aromatic N) is 1. The van der Waals surface area contributed by atoms with Crippen LogP contribution in [0.2, 0.25) is 5.02 Å². The zero-order valence-electron chi connectivity index (χ0n) is 15.1. The smallest absolute Gasteiger partial charge is 0.355 e. The van der Waals surface area contributed by atoms with Gasteiger partial charge in [-0.2, -0.15) is 0 Å². The Bertz CT molecular complexity index is 968. The van der Waals surface area contributed by atoms with Crippen molar-refractivity contribution >= 4 is 40.8 Å². The predicted molar refractivity (Wildman–Crippen MR) is 98.6 cm³/mol. The summed E-state index contributed by atoms with van der Waals surface area (Å²) in [6.45, 7) is 2.51. The van der Waals surface area contributed by atoms with Crippen LogP contribution in [0, 0.1) is 24.0 Å². The van der Waals surface area contributed by atoms with Crippen LogP contribution in [0.3, 0.4) is 0 Å². The number of aromatic amines is 1. The maximum absolute atomic E-state index is 12.2. The number of methoxy groups -OCH3 is 1. The summed E-state index contributed by atoms with van der Waals surface area (Å²) in [5.74, 6) is -2.13. The van der Waals surface area contributed by atoms with Gasteiger partial charge < -0.3 is 19.8 Å². The molecule has 148 valence electrons. The number of H-pyrrole nitrogens is 1. The molecule has 0 aliphatic carbocycles. The van der Waals surface area contributed by atoms with Gasteiger partial charge in [-0.3, -0.25) is 14.9 Å². The molecule has 11 heteroatoms. The minimum absolute atomic E-state index is 0.0269. The number of carbonyl (C=O) groups excluding carboxylic acids is 3. The molecule has 1 heterocycles. The Morgan fingerprint density at radius 2 is 1.93 bits per heavy atom. The molecular formula is C17H16ClN3O7. The number of amides is 1. The molecule has 0 bridgehead atoms. The van der Waals surface area contributed by atoms with Crippen molar-refractivity contribution in [2.45, 2.75) is 13.8 Å². The molecule has 28 heavy (non-hydrogen) atoms. The molecule has 2 aromatic rings. The van der Waals surface area contributed by atoms with Crippen molar-refractivity contribution in [2.24, 2.45) is 0 Å². The lowest BCUT2D eigenvalue weighted by atomic mass is 10.1. The summed E-state index contributed by atoms with van der Waals surface area (Å²) in [6, 6.07) is 3.52. The Hall–Kier alpha value is -3.40. The lowest BCUT2D eigenvalue weighted by Gasteiger charge is -2.08. The predicted octanol–water partition coefficient (Wildman–Crippen LogP) is 2.78. The number of nitrogens with one attached hydrogen (secondary N) is 2. The molecule has 1 amide bonds. The Balaban J connectivity index is 2.03. The van der Waals surface area contributed by atoms with Crippen LogP contribution >= 0.6 is 11.6 Å². The Morgan fingerprint density at radius 1 is 1.25 bits per heavy atom. The van der Waals surface area contributed by atoms with Gasteiger partial charge in [0.05, 0.1) is 28.3 Å². The van der Waals surface area contributed by atoms with Crippen molar-refractivity contribution in [3.05, 3.63) is 55.9 Å². The Morgan fingerprint density at radius 3 is 2.50 bits per heavy atom. The lowest BCUT2D eigenvalue weighted by molar-refractivity contribution is -0.384. The first-order valence-corrected chi connectivity index (χ1v) is 8.21. The van der Waals surface area contributed by atoms with E-state index in [1.165, 1.54) is 19.2 Å². The third kappa shape index (κ3) is 4.46. The van der Waals surface area contributed by atoms with Crippen molar-refractivity contribution in [1.82, 2.24) is 4.98 Å². The van der Waals surface area contributed by atoms with E-state index in [2.05, 4.69) is 15.0 Å².